The maximum Gasteiger partial charge on any atom is 0.359 e. The van der Waals surface area contributed by atoms with E-state index in [0.717, 1.165) is 0 Å². The molecule has 106 valence electrons. The van der Waals surface area contributed by atoms with Crippen molar-refractivity contribution in [3.63, 3.8) is 0 Å². The Bertz CT molecular complexity index is 765. The zero-order chi connectivity index (χ0) is 14.8. The lowest BCUT2D eigenvalue weighted by Crippen LogP contribution is -2.21. The summed E-state index contributed by atoms with van der Waals surface area (Å²) in [7, 11) is 0. The van der Waals surface area contributed by atoms with Crippen LogP contribution in [0, 0.1) is 0 Å². The molecule has 1 aliphatic rings. The minimum Gasteiger partial charge on any atom is -0.426 e. The van der Waals surface area contributed by atoms with Crippen molar-refractivity contribution in [2.45, 2.75) is 19.3 Å². The van der Waals surface area contributed by atoms with E-state index in [0.29, 0.717) is 36.1 Å². The zero-order valence-corrected chi connectivity index (χ0v) is 11.1. The lowest BCUT2D eigenvalue weighted by molar-refractivity contribution is 0.0963. The molecule has 3 rings (SSSR count). The Morgan fingerprint density at radius 3 is 2.90 bits per heavy atom. The Hall–Kier alpha value is -2.76. The van der Waals surface area contributed by atoms with Gasteiger partial charge in [0.2, 0.25) is 0 Å². The van der Waals surface area contributed by atoms with Crippen LogP contribution in [0.5, 0.6) is 0 Å². The van der Waals surface area contributed by atoms with E-state index in [1.165, 1.54) is 12.3 Å². The highest BCUT2D eigenvalue weighted by Crippen LogP contribution is 2.22. The third-order valence-corrected chi connectivity index (χ3v) is 3.30. The first-order valence-corrected chi connectivity index (χ1v) is 6.57. The van der Waals surface area contributed by atoms with Crippen LogP contribution >= 0.6 is 0 Å². The van der Waals surface area contributed by atoms with E-state index in [1.807, 2.05) is 0 Å². The molecule has 0 atom stereocenters. The van der Waals surface area contributed by atoms with E-state index in [1.54, 1.807) is 18.3 Å². The summed E-state index contributed by atoms with van der Waals surface area (Å²) in [5.74, 6) is -0.147. The van der Waals surface area contributed by atoms with Crippen LogP contribution in [0.3, 0.4) is 0 Å². The predicted molar refractivity (Wildman–Crippen MR) is 74.4 cm³/mol. The van der Waals surface area contributed by atoms with E-state index in [-0.39, 0.29) is 11.5 Å². The van der Waals surface area contributed by atoms with Gasteiger partial charge in [0.1, 0.15) is 11.4 Å². The van der Waals surface area contributed by atoms with Gasteiger partial charge in [-0.3, -0.25) is 14.6 Å². The number of fused-ring (bicyclic) bond motifs is 1. The van der Waals surface area contributed by atoms with Gasteiger partial charge in [-0.2, -0.15) is 0 Å². The molecule has 0 fully saturated rings. The number of aryl methyl sites for hydroxylation is 1. The fourth-order valence-corrected chi connectivity index (χ4v) is 2.25. The number of nitrogens with one attached hydrogen (secondary N) is 1. The average molecular weight is 284 g/mol. The normalized spacial score (nSPS) is 13.6. The van der Waals surface area contributed by atoms with Gasteiger partial charge in [0.05, 0.1) is 11.1 Å². The molecule has 1 N–H and O–H groups in total. The summed E-state index contributed by atoms with van der Waals surface area (Å²) in [6, 6.07) is 4.60. The van der Waals surface area contributed by atoms with Crippen molar-refractivity contribution in [1.29, 1.82) is 0 Å². The highest BCUT2D eigenvalue weighted by atomic mass is 16.4. The molecule has 0 aromatic carbocycles. The number of hydrogen-bond acceptors (Lipinski definition) is 5. The SMILES string of the molecule is O=C(Nc1cc2c(oc1=O)CCCC2=O)c1cccnc1. The molecule has 1 aliphatic carbocycles. The van der Waals surface area contributed by atoms with Crippen LogP contribution in [0.4, 0.5) is 5.69 Å². The molecule has 0 bridgehead atoms. The van der Waals surface area contributed by atoms with Crippen molar-refractivity contribution in [1.82, 2.24) is 4.98 Å². The van der Waals surface area contributed by atoms with E-state index in [9.17, 15) is 14.4 Å². The van der Waals surface area contributed by atoms with Gasteiger partial charge in [-0.25, -0.2) is 4.79 Å². The van der Waals surface area contributed by atoms with E-state index >= 15 is 0 Å². The van der Waals surface area contributed by atoms with E-state index < -0.39 is 11.5 Å². The second-order valence-corrected chi connectivity index (χ2v) is 4.76. The minimum atomic E-state index is -0.652. The van der Waals surface area contributed by atoms with Crippen LogP contribution in [0.15, 0.2) is 39.8 Å². The fourth-order valence-electron chi connectivity index (χ4n) is 2.25. The number of aromatic nitrogens is 1. The van der Waals surface area contributed by atoms with Crippen molar-refractivity contribution in [2.24, 2.45) is 0 Å². The third kappa shape index (κ3) is 2.60. The first-order valence-electron chi connectivity index (χ1n) is 6.57. The molecular weight excluding hydrogens is 272 g/mol. The van der Waals surface area contributed by atoms with Gasteiger partial charge in [-0.1, -0.05) is 0 Å². The molecule has 0 unspecified atom stereocenters. The van der Waals surface area contributed by atoms with Crippen molar-refractivity contribution >= 4 is 17.4 Å². The van der Waals surface area contributed by atoms with Gasteiger partial charge in [0, 0.05) is 25.2 Å². The molecule has 2 heterocycles. The summed E-state index contributed by atoms with van der Waals surface area (Å²) < 4.78 is 5.13. The number of ketones is 1. The molecule has 21 heavy (non-hydrogen) atoms. The Balaban J connectivity index is 1.93. The fraction of sp³-hybridized carbons (Fsp3) is 0.200. The first kappa shape index (κ1) is 13.2. The lowest BCUT2D eigenvalue weighted by Gasteiger charge is -2.13. The van der Waals surface area contributed by atoms with Crippen LogP contribution in [-0.2, 0) is 6.42 Å². The topological polar surface area (TPSA) is 89.3 Å². The highest BCUT2D eigenvalue weighted by molar-refractivity contribution is 6.05. The number of Topliss-reactive ketones (excluding diaryl/α,β-unsaturated/α-hetero) is 1. The monoisotopic (exact) mass is 284 g/mol. The number of hydrogen-bond donors (Lipinski definition) is 1. The van der Waals surface area contributed by atoms with E-state index in [2.05, 4.69) is 10.3 Å². The molecule has 6 nitrogen and oxygen atoms in total. The molecule has 0 spiro atoms. The summed E-state index contributed by atoms with van der Waals surface area (Å²) in [5.41, 5.74) is 0.0156. The molecule has 0 saturated carbocycles. The third-order valence-electron chi connectivity index (χ3n) is 3.30. The van der Waals surface area contributed by atoms with Crippen LogP contribution in [0.25, 0.3) is 0 Å². The number of nitrogens with zero attached hydrogens (tertiary/aromatic N) is 1. The second-order valence-electron chi connectivity index (χ2n) is 4.76. The zero-order valence-electron chi connectivity index (χ0n) is 11.1. The average Bonchev–Trinajstić information content (AvgIpc) is 2.50. The number of carbonyl (C=O) groups is 2. The van der Waals surface area contributed by atoms with Crippen molar-refractivity contribution in [3.05, 3.63) is 57.9 Å². The van der Waals surface area contributed by atoms with Gasteiger partial charge in [0.25, 0.3) is 5.91 Å². The molecular formula is C15H12N2O4. The molecule has 0 radical (unpaired) electrons. The summed E-state index contributed by atoms with van der Waals surface area (Å²) >= 11 is 0. The van der Waals surface area contributed by atoms with Gasteiger partial charge in [-0.05, 0) is 24.6 Å². The van der Waals surface area contributed by atoms with Gasteiger partial charge < -0.3 is 9.73 Å². The largest absolute Gasteiger partial charge is 0.426 e. The number of anilines is 1. The van der Waals surface area contributed by atoms with Crippen LogP contribution in [0.2, 0.25) is 0 Å². The Kier molecular flexibility index (Phi) is 3.35. The first-order chi connectivity index (χ1) is 10.1. The van der Waals surface area contributed by atoms with Crippen LogP contribution in [0.1, 0.15) is 39.3 Å². The molecule has 0 saturated heterocycles. The smallest absolute Gasteiger partial charge is 0.359 e. The number of carbonyl (C=O) groups excluding carboxylic acids is 2. The van der Waals surface area contributed by atoms with Crippen molar-refractivity contribution < 1.29 is 14.0 Å². The maximum atomic E-state index is 12.0. The summed E-state index contributed by atoms with van der Waals surface area (Å²) in [6.45, 7) is 0. The van der Waals surface area contributed by atoms with E-state index in [4.69, 9.17) is 4.42 Å². The standard InChI is InChI=1S/C15H12N2O4/c18-12-4-1-5-13-10(12)7-11(15(20)21-13)17-14(19)9-3-2-6-16-8-9/h2-3,6-8H,1,4-5H2,(H,17,19). The summed E-state index contributed by atoms with van der Waals surface area (Å²) in [4.78, 5) is 39.5. The molecule has 1 amide bonds. The van der Waals surface area contributed by atoms with Crippen LogP contribution < -0.4 is 10.9 Å². The molecule has 0 aliphatic heterocycles. The summed E-state index contributed by atoms with van der Waals surface area (Å²) in [6.07, 6.45) is 4.60. The molecule has 6 heteroatoms. The Morgan fingerprint density at radius 2 is 2.14 bits per heavy atom. The van der Waals surface area contributed by atoms with Crippen LogP contribution in [-0.4, -0.2) is 16.7 Å². The highest BCUT2D eigenvalue weighted by Gasteiger charge is 2.22. The molecule has 2 aromatic rings. The number of pyridine rings is 1. The molecule has 2 aromatic heterocycles. The van der Waals surface area contributed by atoms with Crippen molar-refractivity contribution in [2.75, 3.05) is 5.32 Å². The number of rotatable bonds is 2. The number of amides is 1. The maximum absolute atomic E-state index is 12.0. The Morgan fingerprint density at radius 1 is 1.29 bits per heavy atom. The lowest BCUT2D eigenvalue weighted by atomic mass is 9.96. The van der Waals surface area contributed by atoms with Gasteiger partial charge in [-0.15, -0.1) is 0 Å². The Labute approximate surface area is 119 Å². The van der Waals surface area contributed by atoms with Crippen molar-refractivity contribution in [3.8, 4) is 0 Å². The summed E-state index contributed by atoms with van der Waals surface area (Å²) in [5, 5.41) is 2.46. The second kappa shape index (κ2) is 5.32. The quantitative estimate of drug-likeness (QED) is 0.908. The predicted octanol–water partition coefficient (Wildman–Crippen LogP) is 1.81. The van der Waals surface area contributed by atoms with Gasteiger partial charge >= 0.3 is 5.63 Å². The minimum absolute atomic E-state index is 0.0298. The van der Waals surface area contributed by atoms with Gasteiger partial charge in [0.15, 0.2) is 5.78 Å².